The second-order valence-electron chi connectivity index (χ2n) is 5.55. The van der Waals surface area contributed by atoms with Gasteiger partial charge < -0.3 is 10.6 Å². The summed E-state index contributed by atoms with van der Waals surface area (Å²) in [6.07, 6.45) is 6.43. The number of amidine groups is 1. The first-order valence-corrected chi connectivity index (χ1v) is 6.90. The fraction of sp³-hybridized carbons (Fsp3) is 0.769. The van der Waals surface area contributed by atoms with E-state index in [-0.39, 0.29) is 17.9 Å². The molecule has 2 aliphatic heterocycles. The Balaban J connectivity index is 1.83. The minimum atomic E-state index is -0.835. The van der Waals surface area contributed by atoms with Crippen molar-refractivity contribution in [3.63, 3.8) is 0 Å². The van der Waals surface area contributed by atoms with Gasteiger partial charge in [0.15, 0.2) is 0 Å². The molecule has 2 N–H and O–H groups in total. The Morgan fingerprint density at radius 3 is 2.50 bits per heavy atom. The second kappa shape index (κ2) is 4.46. The van der Waals surface area contributed by atoms with E-state index in [9.17, 15) is 9.59 Å². The van der Waals surface area contributed by atoms with Gasteiger partial charge in [-0.3, -0.25) is 9.59 Å². The van der Waals surface area contributed by atoms with E-state index in [4.69, 9.17) is 0 Å². The molecule has 5 nitrogen and oxygen atoms in total. The minimum absolute atomic E-state index is 0.0467. The van der Waals surface area contributed by atoms with Crippen LogP contribution in [0.5, 0.6) is 0 Å². The van der Waals surface area contributed by atoms with Gasteiger partial charge in [-0.25, -0.2) is 0 Å². The van der Waals surface area contributed by atoms with Crippen molar-refractivity contribution in [3.05, 3.63) is 0 Å². The third-order valence-corrected chi connectivity index (χ3v) is 4.41. The molecule has 2 fully saturated rings. The van der Waals surface area contributed by atoms with E-state index in [1.54, 1.807) is 0 Å². The van der Waals surface area contributed by atoms with Gasteiger partial charge in [0.05, 0.1) is 6.04 Å². The highest BCUT2D eigenvalue weighted by Gasteiger charge is 2.51. The summed E-state index contributed by atoms with van der Waals surface area (Å²) in [6.45, 7) is 0.929. The fourth-order valence-corrected chi connectivity index (χ4v) is 3.25. The number of carbonyl (C=O) groups excluding carboxylic acids is 2. The lowest BCUT2D eigenvalue weighted by molar-refractivity contribution is -0.141. The van der Waals surface area contributed by atoms with Crippen LogP contribution < -0.4 is 10.6 Å². The number of nitrogens with one attached hydrogen (secondary N) is 2. The molecule has 0 aromatic rings. The van der Waals surface area contributed by atoms with Gasteiger partial charge in [0.1, 0.15) is 11.3 Å². The molecule has 3 rings (SSSR count). The molecule has 1 atom stereocenters. The highest BCUT2D eigenvalue weighted by Crippen LogP contribution is 2.41. The Bertz CT molecular complexity index is 404. The lowest BCUT2D eigenvalue weighted by Crippen LogP contribution is -2.57. The number of aliphatic imine (C=N–C) groups is 1. The van der Waals surface area contributed by atoms with Crippen molar-refractivity contribution >= 4 is 17.6 Å². The highest BCUT2D eigenvalue weighted by atomic mass is 16.2. The first-order valence-electron chi connectivity index (χ1n) is 6.90. The Labute approximate surface area is 106 Å². The van der Waals surface area contributed by atoms with Crippen molar-refractivity contribution in [1.82, 2.24) is 10.6 Å². The van der Waals surface area contributed by atoms with Crippen molar-refractivity contribution in [2.75, 3.05) is 6.54 Å². The number of hydrogen-bond acceptors (Lipinski definition) is 3. The van der Waals surface area contributed by atoms with Crippen LogP contribution in [0.2, 0.25) is 0 Å². The summed E-state index contributed by atoms with van der Waals surface area (Å²) in [4.78, 5) is 28.6. The van der Waals surface area contributed by atoms with Gasteiger partial charge in [-0.15, -0.1) is 0 Å². The first-order chi connectivity index (χ1) is 8.72. The zero-order valence-corrected chi connectivity index (χ0v) is 10.5. The number of rotatable bonds is 1. The molecule has 98 valence electrons. The lowest BCUT2D eigenvalue weighted by atomic mass is 9.82. The summed E-state index contributed by atoms with van der Waals surface area (Å²) < 4.78 is 0. The summed E-state index contributed by atoms with van der Waals surface area (Å²) >= 11 is 0. The van der Waals surface area contributed by atoms with E-state index in [0.717, 1.165) is 38.6 Å². The number of carbonyl (C=O) groups is 2. The van der Waals surface area contributed by atoms with Crippen molar-refractivity contribution < 1.29 is 9.59 Å². The summed E-state index contributed by atoms with van der Waals surface area (Å²) in [5.74, 6) is 0.204. The van der Waals surface area contributed by atoms with Crippen LogP contribution in [0.3, 0.4) is 0 Å². The molecule has 1 aliphatic carbocycles. The van der Waals surface area contributed by atoms with Crippen molar-refractivity contribution in [3.8, 4) is 0 Å². The van der Waals surface area contributed by atoms with Gasteiger partial charge in [0.25, 0.3) is 5.91 Å². The molecule has 0 bridgehead atoms. The zero-order chi connectivity index (χ0) is 12.6. The average molecular weight is 249 g/mol. The van der Waals surface area contributed by atoms with E-state index in [1.807, 2.05) is 0 Å². The van der Waals surface area contributed by atoms with Crippen LogP contribution in [-0.2, 0) is 9.59 Å². The Hall–Kier alpha value is -1.23. The standard InChI is InChI=1S/C13H19N3O2/c17-11-13(6-2-3-7-13)12(18)16-10(15-11)9-5-1-4-8-14-9/h9,14H,1-8H2,(H,15,16,17,18). The number of piperidine rings is 1. The smallest absolute Gasteiger partial charge is 0.263 e. The molecule has 18 heavy (non-hydrogen) atoms. The van der Waals surface area contributed by atoms with Crippen LogP contribution in [0.15, 0.2) is 4.99 Å². The van der Waals surface area contributed by atoms with Crippen molar-refractivity contribution in [2.45, 2.75) is 51.0 Å². The maximum absolute atomic E-state index is 12.2. The van der Waals surface area contributed by atoms with Gasteiger partial charge in [0, 0.05) is 0 Å². The van der Waals surface area contributed by atoms with Crippen LogP contribution >= 0.6 is 0 Å². The fourth-order valence-electron chi connectivity index (χ4n) is 3.25. The monoisotopic (exact) mass is 249 g/mol. The molecule has 3 aliphatic rings. The third-order valence-electron chi connectivity index (χ3n) is 4.41. The van der Waals surface area contributed by atoms with E-state index >= 15 is 0 Å². The Morgan fingerprint density at radius 1 is 1.11 bits per heavy atom. The zero-order valence-electron chi connectivity index (χ0n) is 10.5. The van der Waals surface area contributed by atoms with E-state index in [2.05, 4.69) is 15.6 Å². The summed E-state index contributed by atoms with van der Waals surface area (Å²) in [5, 5.41) is 6.19. The van der Waals surface area contributed by atoms with Gasteiger partial charge >= 0.3 is 0 Å². The maximum Gasteiger partial charge on any atom is 0.263 e. The molecule has 0 radical (unpaired) electrons. The molecule has 0 aromatic carbocycles. The van der Waals surface area contributed by atoms with E-state index in [0.29, 0.717) is 18.7 Å². The van der Waals surface area contributed by atoms with Crippen molar-refractivity contribution in [2.24, 2.45) is 10.4 Å². The topological polar surface area (TPSA) is 70.6 Å². The predicted octanol–water partition coefficient (Wildman–Crippen LogP) is 0.744. The van der Waals surface area contributed by atoms with Crippen LogP contribution in [0.25, 0.3) is 0 Å². The molecule has 1 unspecified atom stereocenters. The first kappa shape index (κ1) is 11.8. The Kier molecular flexibility index (Phi) is 2.93. The molecule has 1 saturated heterocycles. The molecular weight excluding hydrogens is 230 g/mol. The lowest BCUT2D eigenvalue weighted by Gasteiger charge is -2.33. The van der Waals surface area contributed by atoms with E-state index < -0.39 is 5.41 Å². The normalized spacial score (nSPS) is 31.3. The molecule has 0 aromatic heterocycles. The average Bonchev–Trinajstić information content (AvgIpc) is 2.88. The molecular formula is C13H19N3O2. The van der Waals surface area contributed by atoms with Gasteiger partial charge in [-0.2, -0.15) is 4.99 Å². The predicted molar refractivity (Wildman–Crippen MR) is 67.1 cm³/mol. The van der Waals surface area contributed by atoms with Crippen LogP contribution in [-0.4, -0.2) is 30.2 Å². The molecule has 2 heterocycles. The van der Waals surface area contributed by atoms with Crippen molar-refractivity contribution in [1.29, 1.82) is 0 Å². The maximum atomic E-state index is 12.2. The second-order valence-corrected chi connectivity index (χ2v) is 5.55. The summed E-state index contributed by atoms with van der Waals surface area (Å²) in [7, 11) is 0. The number of hydrogen-bond donors (Lipinski definition) is 2. The third kappa shape index (κ3) is 1.77. The molecule has 1 saturated carbocycles. The van der Waals surface area contributed by atoms with Gasteiger partial charge in [-0.05, 0) is 32.2 Å². The summed E-state index contributed by atoms with van der Waals surface area (Å²) in [5.41, 5.74) is -0.835. The van der Waals surface area contributed by atoms with Gasteiger partial charge in [-0.1, -0.05) is 19.3 Å². The van der Waals surface area contributed by atoms with E-state index in [1.165, 1.54) is 0 Å². The number of nitrogens with zero attached hydrogens (tertiary/aromatic N) is 1. The van der Waals surface area contributed by atoms with Crippen LogP contribution in [0.4, 0.5) is 0 Å². The highest BCUT2D eigenvalue weighted by molar-refractivity contribution is 6.20. The number of amides is 2. The largest absolute Gasteiger partial charge is 0.312 e. The van der Waals surface area contributed by atoms with Gasteiger partial charge in [0.2, 0.25) is 5.91 Å². The Morgan fingerprint density at radius 2 is 1.89 bits per heavy atom. The minimum Gasteiger partial charge on any atom is -0.312 e. The SMILES string of the molecule is O=C1N=C(C2CCCCN2)NC(=O)C12CCCC2. The van der Waals surface area contributed by atoms with Crippen LogP contribution in [0.1, 0.15) is 44.9 Å². The molecule has 2 amide bonds. The molecule has 1 spiro atoms. The molecule has 5 heteroatoms. The summed E-state index contributed by atoms with van der Waals surface area (Å²) in [6, 6.07) is 0.0467. The van der Waals surface area contributed by atoms with Crippen LogP contribution in [0, 0.1) is 5.41 Å². The quantitative estimate of drug-likeness (QED) is 0.673.